The number of nitrogens with zero attached hydrogens (tertiary/aromatic N) is 3. The van der Waals surface area contributed by atoms with Crippen LogP contribution >= 0.6 is 35.3 Å². The van der Waals surface area contributed by atoms with E-state index in [9.17, 15) is 14.4 Å². The summed E-state index contributed by atoms with van der Waals surface area (Å²) in [7, 11) is 0. The van der Waals surface area contributed by atoms with Crippen molar-refractivity contribution in [3.8, 4) is 0 Å². The van der Waals surface area contributed by atoms with Gasteiger partial charge >= 0.3 is 0 Å². The molecule has 0 spiro atoms. The summed E-state index contributed by atoms with van der Waals surface area (Å²) < 4.78 is 0. The second kappa shape index (κ2) is 17.0. The second-order valence-corrected chi connectivity index (χ2v) is 10.4. The minimum absolute atomic E-state index is 0.0511. The van der Waals surface area contributed by atoms with Gasteiger partial charge in [-0.2, -0.15) is 35.3 Å². The summed E-state index contributed by atoms with van der Waals surface area (Å²) in [6.45, 7) is 2.43. The Morgan fingerprint density at radius 1 is 0.533 bits per heavy atom. The van der Waals surface area contributed by atoms with E-state index in [0.717, 1.165) is 17.3 Å². The highest BCUT2D eigenvalue weighted by Crippen LogP contribution is 2.15. The highest BCUT2D eigenvalue weighted by atomic mass is 32.2. The van der Waals surface area contributed by atoms with Crippen molar-refractivity contribution in [2.75, 3.05) is 74.2 Å². The Hall–Kier alpha value is -0.660. The van der Waals surface area contributed by atoms with E-state index in [0.29, 0.717) is 56.2 Å². The van der Waals surface area contributed by atoms with Crippen molar-refractivity contribution in [1.29, 1.82) is 0 Å². The molecule has 0 aliphatic carbocycles. The minimum atomic E-state index is -0.0511. The molecule has 0 bridgehead atoms. The molecule has 174 valence electrons. The average Bonchev–Trinajstić information content (AvgIpc) is 2.76. The third kappa shape index (κ3) is 11.1. The van der Waals surface area contributed by atoms with Gasteiger partial charge in [0.25, 0.3) is 0 Å². The Bertz CT molecular complexity index is 452. The van der Waals surface area contributed by atoms with Crippen LogP contribution in [0.4, 0.5) is 0 Å². The SMILES string of the molecule is NCCSCCC(=O)N1CN(C(=O)CCSCCN)CN(C(=O)CCSCCN)C1. The van der Waals surface area contributed by atoms with Crippen LogP contribution < -0.4 is 17.2 Å². The lowest BCUT2D eigenvalue weighted by atomic mass is 10.3. The first-order valence-corrected chi connectivity index (χ1v) is 13.7. The number of thioether (sulfide) groups is 3. The third-order valence-electron chi connectivity index (χ3n) is 4.25. The van der Waals surface area contributed by atoms with Crippen LogP contribution in [0.15, 0.2) is 0 Å². The maximum Gasteiger partial charge on any atom is 0.226 e. The molecular formula is C18H36N6O3S3. The zero-order chi connectivity index (χ0) is 22.2. The molecule has 0 radical (unpaired) electrons. The number of rotatable bonds is 15. The standard InChI is InChI=1S/C18H36N6O3S3/c19-4-10-28-7-1-16(25)22-13-23(17(26)2-8-29-11-5-20)15-24(14-22)18(27)3-9-30-12-6-21/h1-15,19-21H2. The van der Waals surface area contributed by atoms with Gasteiger partial charge < -0.3 is 31.9 Å². The van der Waals surface area contributed by atoms with E-state index in [4.69, 9.17) is 17.2 Å². The third-order valence-corrected chi connectivity index (χ3v) is 7.30. The first-order chi connectivity index (χ1) is 14.5. The Labute approximate surface area is 192 Å². The van der Waals surface area contributed by atoms with Crippen molar-refractivity contribution in [3.63, 3.8) is 0 Å². The number of amides is 3. The zero-order valence-electron chi connectivity index (χ0n) is 17.6. The lowest BCUT2D eigenvalue weighted by molar-refractivity contribution is -0.158. The van der Waals surface area contributed by atoms with Crippen molar-refractivity contribution in [1.82, 2.24) is 14.7 Å². The fourth-order valence-corrected chi connectivity index (χ4v) is 4.80. The summed E-state index contributed by atoms with van der Waals surface area (Å²) in [5.74, 6) is 4.31. The smallest absolute Gasteiger partial charge is 0.226 e. The molecule has 3 amide bonds. The Kier molecular flexibility index (Phi) is 15.5. The second-order valence-electron chi connectivity index (χ2n) is 6.68. The number of hydrogen-bond donors (Lipinski definition) is 3. The maximum absolute atomic E-state index is 12.7. The summed E-state index contributed by atoms with van der Waals surface area (Å²) >= 11 is 4.89. The molecule has 1 saturated heterocycles. The minimum Gasteiger partial charge on any atom is -0.330 e. The normalized spacial score (nSPS) is 14.3. The van der Waals surface area contributed by atoms with Gasteiger partial charge in [0, 0.05) is 73.4 Å². The zero-order valence-corrected chi connectivity index (χ0v) is 20.1. The lowest BCUT2D eigenvalue weighted by Gasteiger charge is -2.42. The first-order valence-electron chi connectivity index (χ1n) is 10.2. The number of carbonyl (C=O) groups is 3. The Balaban J connectivity index is 2.66. The molecule has 6 N–H and O–H groups in total. The van der Waals surface area contributed by atoms with Crippen LogP contribution in [0.2, 0.25) is 0 Å². The van der Waals surface area contributed by atoms with Crippen LogP contribution in [0.25, 0.3) is 0 Å². The highest BCUT2D eigenvalue weighted by Gasteiger charge is 2.31. The van der Waals surface area contributed by atoms with E-state index < -0.39 is 0 Å². The van der Waals surface area contributed by atoms with Gasteiger partial charge in [0.2, 0.25) is 17.7 Å². The van der Waals surface area contributed by atoms with Crippen molar-refractivity contribution in [2.45, 2.75) is 19.3 Å². The van der Waals surface area contributed by atoms with Gasteiger partial charge in [-0.1, -0.05) is 0 Å². The van der Waals surface area contributed by atoms with E-state index in [-0.39, 0.29) is 37.7 Å². The molecule has 0 unspecified atom stereocenters. The number of nitrogens with two attached hydrogens (primary N) is 3. The topological polar surface area (TPSA) is 139 Å². The Morgan fingerprint density at radius 2 is 0.800 bits per heavy atom. The van der Waals surface area contributed by atoms with Gasteiger partial charge in [-0.3, -0.25) is 14.4 Å². The van der Waals surface area contributed by atoms with Gasteiger partial charge in [0.05, 0.1) is 20.0 Å². The van der Waals surface area contributed by atoms with Gasteiger partial charge in [-0.05, 0) is 0 Å². The van der Waals surface area contributed by atoms with Gasteiger partial charge in [0.1, 0.15) is 0 Å². The van der Waals surface area contributed by atoms with E-state index in [1.807, 2.05) is 0 Å². The average molecular weight is 481 g/mol. The quantitative estimate of drug-likeness (QED) is 0.267. The Morgan fingerprint density at radius 3 is 1.03 bits per heavy atom. The van der Waals surface area contributed by atoms with Crippen LogP contribution in [0.3, 0.4) is 0 Å². The number of carbonyl (C=O) groups excluding carboxylic acids is 3. The van der Waals surface area contributed by atoms with Crippen molar-refractivity contribution >= 4 is 53.0 Å². The van der Waals surface area contributed by atoms with Crippen LogP contribution in [0.5, 0.6) is 0 Å². The molecule has 1 fully saturated rings. The predicted molar refractivity (Wildman–Crippen MR) is 128 cm³/mol. The molecule has 1 aliphatic rings. The van der Waals surface area contributed by atoms with Crippen molar-refractivity contribution in [2.24, 2.45) is 17.2 Å². The van der Waals surface area contributed by atoms with Gasteiger partial charge in [-0.15, -0.1) is 0 Å². The molecule has 30 heavy (non-hydrogen) atoms. The molecule has 9 nitrogen and oxygen atoms in total. The molecule has 12 heteroatoms. The molecule has 0 aromatic heterocycles. The first kappa shape index (κ1) is 27.4. The number of hydrogen-bond acceptors (Lipinski definition) is 9. The molecule has 0 saturated carbocycles. The van der Waals surface area contributed by atoms with Crippen LogP contribution in [0.1, 0.15) is 19.3 Å². The highest BCUT2D eigenvalue weighted by molar-refractivity contribution is 7.99. The van der Waals surface area contributed by atoms with Crippen LogP contribution in [-0.2, 0) is 14.4 Å². The van der Waals surface area contributed by atoms with Crippen LogP contribution in [0, 0.1) is 0 Å². The summed E-state index contributed by atoms with van der Waals surface area (Å²) in [6.07, 6.45) is 1.11. The fourth-order valence-electron chi connectivity index (χ4n) is 2.73. The van der Waals surface area contributed by atoms with E-state index in [1.54, 1.807) is 50.0 Å². The summed E-state index contributed by atoms with van der Waals surface area (Å²) in [5, 5.41) is 0. The van der Waals surface area contributed by atoms with E-state index in [2.05, 4.69) is 0 Å². The molecule has 0 aromatic rings. The molecule has 1 rings (SSSR count). The lowest BCUT2D eigenvalue weighted by Crippen LogP contribution is -2.59. The van der Waals surface area contributed by atoms with E-state index in [1.165, 1.54) is 0 Å². The maximum atomic E-state index is 12.7. The molecule has 0 atom stereocenters. The molecule has 1 heterocycles. The van der Waals surface area contributed by atoms with Crippen LogP contribution in [-0.4, -0.2) is 107 Å². The largest absolute Gasteiger partial charge is 0.330 e. The fraction of sp³-hybridized carbons (Fsp3) is 0.833. The van der Waals surface area contributed by atoms with Gasteiger partial charge in [0.15, 0.2) is 0 Å². The van der Waals surface area contributed by atoms with E-state index >= 15 is 0 Å². The van der Waals surface area contributed by atoms with Gasteiger partial charge in [-0.25, -0.2) is 0 Å². The summed E-state index contributed by atoms with van der Waals surface area (Å²) in [5.41, 5.74) is 16.5. The molecular weight excluding hydrogens is 444 g/mol. The summed E-state index contributed by atoms with van der Waals surface area (Å²) in [6, 6.07) is 0. The molecule has 0 aromatic carbocycles. The molecule has 1 aliphatic heterocycles. The van der Waals surface area contributed by atoms with Crippen molar-refractivity contribution < 1.29 is 14.4 Å². The monoisotopic (exact) mass is 480 g/mol. The predicted octanol–water partition coefficient (Wildman–Crippen LogP) is -0.396. The summed E-state index contributed by atoms with van der Waals surface area (Å²) in [4.78, 5) is 42.8. The van der Waals surface area contributed by atoms with Crippen molar-refractivity contribution in [3.05, 3.63) is 0 Å².